The molecule has 0 unspecified atom stereocenters. The fourth-order valence-corrected chi connectivity index (χ4v) is 10.1. The van der Waals surface area contributed by atoms with Crippen LogP contribution in [0.3, 0.4) is 0 Å². The van der Waals surface area contributed by atoms with Gasteiger partial charge in [-0.25, -0.2) is 15.0 Å². The van der Waals surface area contributed by atoms with Gasteiger partial charge in [0.2, 0.25) is 0 Å². The quantitative estimate of drug-likeness (QED) is 0.117. The van der Waals surface area contributed by atoms with Crippen LogP contribution >= 0.6 is 0 Å². The normalized spacial score (nSPS) is 11.6. The molecule has 3 N–H and O–H groups in total. The van der Waals surface area contributed by atoms with Crippen molar-refractivity contribution in [2.75, 3.05) is 0 Å². The zero-order chi connectivity index (χ0) is 53.3. The number of nitrogens with zero attached hydrogens (tertiary/aromatic N) is 12. The molecule has 3 aromatic heterocycles. The van der Waals surface area contributed by atoms with Crippen LogP contribution in [-0.2, 0) is 30.4 Å². The number of nitriles is 6. The summed E-state index contributed by atoms with van der Waals surface area (Å²) in [7, 11) is -14.2. The van der Waals surface area contributed by atoms with Crippen LogP contribution in [0.25, 0.3) is 84.3 Å². The number of rotatable bonds is 9. The second-order valence-electron chi connectivity index (χ2n) is 16.3. The van der Waals surface area contributed by atoms with E-state index >= 15 is 0 Å². The van der Waals surface area contributed by atoms with E-state index in [1.54, 1.807) is 13.7 Å². The van der Waals surface area contributed by atoms with Gasteiger partial charge in [0.05, 0.1) is 48.1 Å². The fraction of sp³-hybridized carbons (Fsp3) is 0. The lowest BCUT2D eigenvalue weighted by atomic mass is 10.1. The second kappa shape index (κ2) is 17.7. The minimum atomic E-state index is -4.75. The molecule has 0 saturated heterocycles. The highest BCUT2D eigenvalue weighted by Gasteiger charge is 2.32. The summed E-state index contributed by atoms with van der Waals surface area (Å²) in [4.78, 5) is 14.2. The molecule has 3 heterocycles. The number of hydrogen-bond donors (Lipinski definition) is 3. The molecular weight excluding hydrogens is 1020 g/mol. The van der Waals surface area contributed by atoms with Gasteiger partial charge in [0, 0.05) is 33.8 Å². The van der Waals surface area contributed by atoms with Crippen LogP contribution in [0.2, 0.25) is 0 Å². The number of fused-ring (bicyclic) bond motifs is 6. The third-order valence-electron chi connectivity index (χ3n) is 12.0. The average Bonchev–Trinajstić information content (AvgIpc) is 4.18. The van der Waals surface area contributed by atoms with E-state index in [-0.39, 0.29) is 118 Å². The second-order valence-corrected chi connectivity index (χ2v) is 20.5. The van der Waals surface area contributed by atoms with Gasteiger partial charge in [0.1, 0.15) is 87.0 Å². The number of benzene rings is 7. The van der Waals surface area contributed by atoms with E-state index in [9.17, 15) is 70.5 Å². The topological polar surface area (TPSA) is 359 Å². The molecular formula is C51H24N12O9S3. The Labute approximate surface area is 423 Å². The summed E-state index contributed by atoms with van der Waals surface area (Å²) in [6, 6.07) is 39.7. The highest BCUT2D eigenvalue weighted by Crippen LogP contribution is 2.45. The molecule has 0 saturated carbocycles. The molecule has 7 aromatic carbocycles. The lowest BCUT2D eigenvalue weighted by Crippen LogP contribution is -2.03. The monoisotopic (exact) mass is 1040 g/mol. The highest BCUT2D eigenvalue weighted by molar-refractivity contribution is 7.86. The van der Waals surface area contributed by atoms with Crippen LogP contribution in [0.15, 0.2) is 142 Å². The minimum absolute atomic E-state index is 0.0176. The van der Waals surface area contributed by atoms with Gasteiger partial charge in [0.25, 0.3) is 30.4 Å². The van der Waals surface area contributed by atoms with Crippen molar-refractivity contribution in [3.63, 3.8) is 0 Å². The zero-order valence-corrected chi connectivity index (χ0v) is 40.0. The van der Waals surface area contributed by atoms with Gasteiger partial charge in [-0.3, -0.25) is 27.4 Å². The lowest BCUT2D eigenvalue weighted by Gasteiger charge is -2.13. The van der Waals surface area contributed by atoms with Crippen molar-refractivity contribution in [2.45, 2.75) is 14.7 Å². The van der Waals surface area contributed by atoms with Gasteiger partial charge in [-0.2, -0.15) is 56.8 Å². The van der Waals surface area contributed by atoms with E-state index < -0.39 is 45.0 Å². The van der Waals surface area contributed by atoms with Crippen LogP contribution in [-0.4, -0.2) is 67.6 Å². The molecule has 10 aromatic rings. The smallest absolute Gasteiger partial charge is 0.290 e. The maximum Gasteiger partial charge on any atom is 0.294 e. The molecule has 0 aliphatic rings. The largest absolute Gasteiger partial charge is 0.294 e. The average molecular weight is 1050 g/mol. The maximum atomic E-state index is 12.4. The van der Waals surface area contributed by atoms with Crippen molar-refractivity contribution in [3.8, 4) is 87.6 Å². The van der Waals surface area contributed by atoms with E-state index in [4.69, 9.17) is 15.0 Å². The molecule has 75 heavy (non-hydrogen) atoms. The Hall–Kier alpha value is -10.4. The minimum Gasteiger partial charge on any atom is -0.290 e. The third-order valence-corrected chi connectivity index (χ3v) is 14.6. The molecule has 0 fully saturated rings. The van der Waals surface area contributed by atoms with Gasteiger partial charge in [-0.1, -0.05) is 0 Å². The number of hydrogen-bond acceptors (Lipinski definition) is 15. The standard InChI is InChI=1S/C51H24N12O9S3/c52-22-31-4-1-28(19-34(31)25-55)49-58-43-46(61(49)37-7-13-40(14-8-37)73(64,65)66)44-48(63(39-11-17-42(18-12-39)75(70,71)72)50(59-44)29-2-5-32(23-53)35(20-29)26-56)45-47(43)62(38-9-15-41(16-10-38)74(67,68)69)51(60-45)30-3-6-33(24-54)36(21-30)27-57/h1-21H,(H,64,65,66)(H,67,68,69)(H,70,71,72). The molecule has 0 amide bonds. The van der Waals surface area contributed by atoms with E-state index in [1.165, 1.54) is 91.0 Å². The fourth-order valence-electron chi connectivity index (χ4n) is 8.67. The first-order chi connectivity index (χ1) is 35.8. The lowest BCUT2D eigenvalue weighted by molar-refractivity contribution is 0.481. The van der Waals surface area contributed by atoms with Gasteiger partial charge >= 0.3 is 0 Å². The van der Waals surface area contributed by atoms with E-state index in [1.807, 2.05) is 36.4 Å². The van der Waals surface area contributed by atoms with Crippen molar-refractivity contribution in [1.29, 1.82) is 31.6 Å². The summed E-state index contributed by atoms with van der Waals surface area (Å²) in [6.07, 6.45) is 0. The molecule has 0 bridgehead atoms. The Bertz CT molecular complexity index is 4280. The Morgan fingerprint density at radius 2 is 0.560 bits per heavy atom. The van der Waals surface area contributed by atoms with Crippen LogP contribution < -0.4 is 0 Å². The summed E-state index contributed by atoms with van der Waals surface area (Å²) in [6.45, 7) is 0. The van der Waals surface area contributed by atoms with Gasteiger partial charge < -0.3 is 0 Å². The van der Waals surface area contributed by atoms with E-state index in [0.29, 0.717) is 0 Å². The summed E-state index contributed by atoms with van der Waals surface area (Å²) in [5.74, 6) is 0.123. The van der Waals surface area contributed by atoms with Gasteiger partial charge in [0.15, 0.2) is 0 Å². The maximum absolute atomic E-state index is 12.4. The predicted octanol–water partition coefficient (Wildman–Crippen LogP) is 7.67. The molecule has 10 rings (SSSR count). The molecule has 0 aliphatic heterocycles. The molecule has 360 valence electrons. The SMILES string of the molecule is N#Cc1ccc(-c2nc3c(c4nc(-c5ccc(C#N)c(C#N)c5)n(-c5ccc(S(=O)(=O)O)cc5)c4c4nc(-c5ccc(C#N)c(C#N)c5)n(-c5ccc(S(=O)(=O)O)cc5)c34)n2-c2ccc(S(=O)(=O)O)cc2)cc1C#N. The number of imidazole rings is 3. The van der Waals surface area contributed by atoms with Crippen molar-refractivity contribution in [2.24, 2.45) is 0 Å². The van der Waals surface area contributed by atoms with Crippen LogP contribution in [0.1, 0.15) is 33.4 Å². The van der Waals surface area contributed by atoms with Crippen molar-refractivity contribution < 1.29 is 38.9 Å². The summed E-state index contributed by atoms with van der Waals surface area (Å²) in [5.41, 5.74) is 1.58. The van der Waals surface area contributed by atoms with Crippen molar-refractivity contribution in [3.05, 3.63) is 161 Å². The Morgan fingerprint density at radius 1 is 0.333 bits per heavy atom. The van der Waals surface area contributed by atoms with Crippen LogP contribution in [0, 0.1) is 68.0 Å². The number of aromatic nitrogens is 6. The Morgan fingerprint density at radius 3 is 0.760 bits per heavy atom. The molecule has 0 spiro atoms. The summed E-state index contributed by atoms with van der Waals surface area (Å²) < 4.78 is 109. The first-order valence-electron chi connectivity index (χ1n) is 21.3. The van der Waals surface area contributed by atoms with Crippen molar-refractivity contribution in [1.82, 2.24) is 28.7 Å². The molecule has 24 heteroatoms. The first kappa shape index (κ1) is 48.3. The Kier molecular flexibility index (Phi) is 11.4. The van der Waals surface area contributed by atoms with Crippen molar-refractivity contribution >= 4 is 63.5 Å². The third kappa shape index (κ3) is 8.11. The molecule has 0 aliphatic carbocycles. The van der Waals surface area contributed by atoms with Gasteiger partial charge in [-0.05, 0) is 127 Å². The molecule has 21 nitrogen and oxygen atoms in total. The van der Waals surface area contributed by atoms with Crippen LogP contribution in [0.4, 0.5) is 0 Å². The first-order valence-corrected chi connectivity index (χ1v) is 25.6. The Balaban J connectivity index is 1.51. The van der Waals surface area contributed by atoms with E-state index in [2.05, 4.69) is 0 Å². The van der Waals surface area contributed by atoms with Crippen LogP contribution in [0.5, 0.6) is 0 Å². The zero-order valence-electron chi connectivity index (χ0n) is 37.5. The summed E-state index contributed by atoms with van der Waals surface area (Å²) in [5, 5.41) is 60.4. The highest BCUT2D eigenvalue weighted by atomic mass is 32.2. The van der Waals surface area contributed by atoms with Gasteiger partial charge in [-0.15, -0.1) is 0 Å². The van der Waals surface area contributed by atoms with E-state index in [0.717, 1.165) is 36.4 Å². The molecule has 0 radical (unpaired) electrons. The predicted molar refractivity (Wildman–Crippen MR) is 264 cm³/mol. The molecule has 0 atom stereocenters. The summed E-state index contributed by atoms with van der Waals surface area (Å²) >= 11 is 0.